The Kier molecular flexibility index (Phi) is 6.53. The first-order valence-corrected chi connectivity index (χ1v) is 4.91. The Morgan fingerprint density at radius 1 is 1.47 bits per heavy atom. The monoisotopic (exact) mass is 263 g/mol. The van der Waals surface area contributed by atoms with Crippen molar-refractivity contribution < 1.29 is 19.0 Å². The molecule has 0 aliphatic carbocycles. The maximum absolute atomic E-state index is 13.5. The van der Waals surface area contributed by atoms with Crippen molar-refractivity contribution in [1.82, 2.24) is 0 Å². The molecule has 96 valence electrons. The molecule has 0 bridgehead atoms. The van der Waals surface area contributed by atoms with Gasteiger partial charge in [-0.3, -0.25) is 0 Å². The van der Waals surface area contributed by atoms with E-state index in [1.54, 1.807) is 6.92 Å². The molecule has 0 aliphatic heterocycles. The van der Waals surface area contributed by atoms with Crippen molar-refractivity contribution in [2.24, 2.45) is 5.73 Å². The van der Waals surface area contributed by atoms with Crippen LogP contribution in [0.4, 0.5) is 4.39 Å². The van der Waals surface area contributed by atoms with Crippen molar-refractivity contribution in [3.05, 3.63) is 29.8 Å². The van der Waals surface area contributed by atoms with Crippen molar-refractivity contribution in [3.8, 4) is 5.75 Å². The molecule has 1 unspecified atom stereocenters. The molecule has 0 amide bonds. The highest BCUT2D eigenvalue weighted by Gasteiger charge is 2.27. The van der Waals surface area contributed by atoms with Gasteiger partial charge in [-0.15, -0.1) is 12.4 Å². The molecule has 0 aliphatic rings. The van der Waals surface area contributed by atoms with Gasteiger partial charge in [0.15, 0.2) is 0 Å². The van der Waals surface area contributed by atoms with Gasteiger partial charge in [0.1, 0.15) is 5.75 Å². The Morgan fingerprint density at radius 2 is 2.00 bits per heavy atom. The first kappa shape index (κ1) is 15.7. The van der Waals surface area contributed by atoms with Crippen LogP contribution < -0.4 is 5.73 Å². The number of benzene rings is 1. The van der Waals surface area contributed by atoms with Gasteiger partial charge in [-0.25, -0.2) is 9.18 Å². The number of carbonyl (C=O) groups is 1. The van der Waals surface area contributed by atoms with Crippen LogP contribution in [0, 0.1) is 0 Å². The van der Waals surface area contributed by atoms with Crippen LogP contribution in [0.15, 0.2) is 24.3 Å². The topological polar surface area (TPSA) is 72.5 Å². The number of phenols is 1. The van der Waals surface area contributed by atoms with E-state index < -0.39 is 18.2 Å². The van der Waals surface area contributed by atoms with E-state index in [-0.39, 0.29) is 24.8 Å². The summed E-state index contributed by atoms with van der Waals surface area (Å²) in [5.74, 6) is -0.912. The summed E-state index contributed by atoms with van der Waals surface area (Å²) in [7, 11) is 0. The van der Waals surface area contributed by atoms with E-state index in [9.17, 15) is 9.18 Å². The van der Waals surface area contributed by atoms with Crippen LogP contribution in [0.5, 0.6) is 5.75 Å². The zero-order chi connectivity index (χ0) is 12.1. The smallest absolute Gasteiger partial charge is 0.342 e. The first-order valence-electron chi connectivity index (χ1n) is 4.91. The average Bonchev–Trinajstić information content (AvgIpc) is 2.28. The van der Waals surface area contributed by atoms with E-state index in [1.807, 2.05) is 0 Å². The number of ether oxygens (including phenoxy) is 1. The van der Waals surface area contributed by atoms with Crippen LogP contribution in [-0.2, 0) is 9.53 Å². The summed E-state index contributed by atoms with van der Waals surface area (Å²) in [6.45, 7) is 1.71. The van der Waals surface area contributed by atoms with Gasteiger partial charge in [0.2, 0.25) is 6.17 Å². The molecule has 6 heteroatoms. The molecule has 0 fully saturated rings. The molecule has 4 nitrogen and oxygen atoms in total. The van der Waals surface area contributed by atoms with E-state index in [0.29, 0.717) is 5.56 Å². The number of halogens is 2. The predicted octanol–water partition coefficient (Wildman–Crippen LogP) is 1.71. The van der Waals surface area contributed by atoms with E-state index in [4.69, 9.17) is 10.8 Å². The van der Waals surface area contributed by atoms with Gasteiger partial charge in [0.05, 0.1) is 12.6 Å². The third-order valence-electron chi connectivity index (χ3n) is 2.11. The first-order chi connectivity index (χ1) is 7.56. The third-order valence-corrected chi connectivity index (χ3v) is 2.11. The van der Waals surface area contributed by atoms with Gasteiger partial charge in [0.25, 0.3) is 0 Å². The second-order valence-electron chi connectivity index (χ2n) is 3.27. The summed E-state index contributed by atoms with van der Waals surface area (Å²) in [4.78, 5) is 11.1. The maximum atomic E-state index is 13.5. The molecule has 3 N–H and O–H groups in total. The summed E-state index contributed by atoms with van der Waals surface area (Å²) >= 11 is 0. The van der Waals surface area contributed by atoms with E-state index in [2.05, 4.69) is 4.74 Å². The number of hydrogen-bond acceptors (Lipinski definition) is 4. The van der Waals surface area contributed by atoms with Gasteiger partial charge >= 0.3 is 5.97 Å². The lowest BCUT2D eigenvalue weighted by Gasteiger charge is -2.15. The van der Waals surface area contributed by atoms with E-state index in [1.165, 1.54) is 24.3 Å². The summed E-state index contributed by atoms with van der Waals surface area (Å²) in [6.07, 6.45) is -1.90. The minimum atomic E-state index is -1.90. The number of rotatable bonds is 4. The minimum Gasteiger partial charge on any atom is -0.508 e. The zero-order valence-electron chi connectivity index (χ0n) is 9.30. The molecule has 0 saturated heterocycles. The predicted molar refractivity (Wildman–Crippen MR) is 63.8 cm³/mol. The van der Waals surface area contributed by atoms with Crippen LogP contribution >= 0.6 is 12.4 Å². The standard InChI is InChI=1S/C11H14FNO3.ClH/c1-2-16-11(15)9(12)10(13)7-3-5-8(14)6-4-7;/h3-6,9-10,14H,2,13H2,1H3;1H/t9?,10-;/m0./s1. The number of phenolic OH excluding ortho intramolecular Hbond substituents is 1. The molecular weight excluding hydrogens is 249 g/mol. The molecule has 2 atom stereocenters. The minimum absolute atomic E-state index is 0. The number of hydrogen-bond donors (Lipinski definition) is 2. The fraction of sp³-hybridized carbons (Fsp3) is 0.364. The van der Waals surface area contributed by atoms with Gasteiger partial charge in [-0.2, -0.15) is 0 Å². The fourth-order valence-corrected chi connectivity index (χ4v) is 1.23. The molecule has 0 radical (unpaired) electrons. The Hall–Kier alpha value is -1.33. The number of esters is 1. The molecule has 0 aromatic heterocycles. The highest BCUT2D eigenvalue weighted by molar-refractivity contribution is 5.85. The Labute approximate surface area is 105 Å². The number of nitrogens with two attached hydrogens (primary N) is 1. The lowest BCUT2D eigenvalue weighted by atomic mass is 10.0. The fourth-order valence-electron chi connectivity index (χ4n) is 1.23. The molecule has 17 heavy (non-hydrogen) atoms. The maximum Gasteiger partial charge on any atom is 0.342 e. The normalized spacial score (nSPS) is 13.4. The second-order valence-corrected chi connectivity index (χ2v) is 3.27. The van der Waals surface area contributed by atoms with E-state index in [0.717, 1.165) is 0 Å². The Balaban J connectivity index is 0.00000256. The quantitative estimate of drug-likeness (QED) is 0.812. The lowest BCUT2D eigenvalue weighted by Crippen LogP contribution is -2.31. The van der Waals surface area contributed by atoms with Crippen LogP contribution in [0.1, 0.15) is 18.5 Å². The molecular formula is C11H15ClFNO3. The molecule has 1 aromatic carbocycles. The Morgan fingerprint density at radius 3 is 2.47 bits per heavy atom. The van der Waals surface area contributed by atoms with Crippen LogP contribution in [0.3, 0.4) is 0 Å². The van der Waals surface area contributed by atoms with Crippen molar-refractivity contribution in [2.75, 3.05) is 6.61 Å². The highest BCUT2D eigenvalue weighted by Crippen LogP contribution is 2.20. The van der Waals surface area contributed by atoms with Gasteiger partial charge < -0.3 is 15.6 Å². The third kappa shape index (κ3) is 4.20. The number of alkyl halides is 1. The van der Waals surface area contributed by atoms with Crippen LogP contribution in [0.25, 0.3) is 0 Å². The molecule has 1 aromatic rings. The average molecular weight is 264 g/mol. The summed E-state index contributed by atoms with van der Waals surface area (Å²) in [6, 6.07) is 4.61. The van der Waals surface area contributed by atoms with E-state index >= 15 is 0 Å². The largest absolute Gasteiger partial charge is 0.508 e. The molecule has 0 heterocycles. The molecule has 0 spiro atoms. The van der Waals surface area contributed by atoms with Gasteiger partial charge in [0, 0.05) is 0 Å². The molecule has 1 rings (SSSR count). The van der Waals surface area contributed by atoms with Crippen molar-refractivity contribution in [2.45, 2.75) is 19.1 Å². The number of carbonyl (C=O) groups excluding carboxylic acids is 1. The summed E-state index contributed by atoms with van der Waals surface area (Å²) in [5.41, 5.74) is 5.99. The zero-order valence-corrected chi connectivity index (χ0v) is 10.1. The van der Waals surface area contributed by atoms with Crippen LogP contribution in [0.2, 0.25) is 0 Å². The van der Waals surface area contributed by atoms with Gasteiger partial charge in [-0.05, 0) is 24.6 Å². The summed E-state index contributed by atoms with van der Waals surface area (Å²) < 4.78 is 18.0. The highest BCUT2D eigenvalue weighted by atomic mass is 35.5. The SMILES string of the molecule is CCOC(=O)C(F)[C@@H](N)c1ccc(O)cc1.Cl. The Bertz CT molecular complexity index is 358. The molecule has 0 saturated carbocycles. The van der Waals surface area contributed by atoms with Crippen molar-refractivity contribution in [3.63, 3.8) is 0 Å². The van der Waals surface area contributed by atoms with Crippen molar-refractivity contribution in [1.29, 1.82) is 0 Å². The second kappa shape index (κ2) is 7.09. The summed E-state index contributed by atoms with van der Waals surface area (Å²) in [5, 5.41) is 9.04. The van der Waals surface area contributed by atoms with Gasteiger partial charge in [-0.1, -0.05) is 12.1 Å². The van der Waals surface area contributed by atoms with Crippen LogP contribution in [-0.4, -0.2) is 23.9 Å². The number of aromatic hydroxyl groups is 1. The lowest BCUT2D eigenvalue weighted by molar-refractivity contribution is -0.149. The van der Waals surface area contributed by atoms with Crippen molar-refractivity contribution >= 4 is 18.4 Å².